The van der Waals surface area contributed by atoms with E-state index in [0.717, 1.165) is 112 Å². The Morgan fingerprint density at radius 2 is 0.688 bits per heavy atom. The number of carbonyl (C=O) groups is 4. The molecule has 4 aliphatic heterocycles. The van der Waals surface area contributed by atoms with Crippen LogP contribution in [0.3, 0.4) is 0 Å². The van der Waals surface area contributed by atoms with Crippen molar-refractivity contribution in [3.05, 3.63) is 334 Å². The van der Waals surface area contributed by atoms with Crippen LogP contribution in [0.25, 0.3) is 89.0 Å². The molecule has 0 aliphatic carbocycles. The van der Waals surface area contributed by atoms with E-state index in [-0.39, 0.29) is 33.0 Å². The van der Waals surface area contributed by atoms with Crippen molar-refractivity contribution in [1.29, 1.82) is 0 Å². The second-order valence-corrected chi connectivity index (χ2v) is 40.2. The fourth-order valence-electron chi connectivity index (χ4n) is 15.9. The van der Waals surface area contributed by atoms with Crippen molar-refractivity contribution in [2.75, 3.05) is 90.8 Å². The minimum Gasteiger partial charge on any atom is -0.322 e. The van der Waals surface area contributed by atoms with Crippen LogP contribution in [-0.2, 0) is 40.8 Å². The van der Waals surface area contributed by atoms with Crippen LogP contribution in [0, 0.1) is 27.7 Å². The molecule has 700 valence electrons. The summed E-state index contributed by atoms with van der Waals surface area (Å²) in [5.41, 5.74) is 18.8. The van der Waals surface area contributed by atoms with Gasteiger partial charge in [-0.2, -0.15) is 52.6 Å². The highest BCUT2D eigenvalue weighted by Gasteiger charge is 2.32. The molecular weight excluding hydrogens is 1870 g/mol. The van der Waals surface area contributed by atoms with E-state index < -0.39 is 52.7 Å². The largest absolute Gasteiger partial charge is 0.322 e. The molecular formula is C100H90Cl2N20O12S4. The third-order valence-corrected chi connectivity index (χ3v) is 30.0. The van der Waals surface area contributed by atoms with E-state index in [1.165, 1.54) is 41.5 Å². The fraction of sp³-hybridized carbons (Fsp3) is 0.160. The van der Waals surface area contributed by atoms with Crippen LogP contribution in [0.2, 0.25) is 10.0 Å². The van der Waals surface area contributed by atoms with Gasteiger partial charge in [0, 0.05) is 156 Å². The van der Waals surface area contributed by atoms with Gasteiger partial charge in [0.25, 0.3) is 23.6 Å². The first-order chi connectivity index (χ1) is 66.5. The van der Waals surface area contributed by atoms with Gasteiger partial charge in [-0.15, -0.1) is 0 Å². The lowest BCUT2D eigenvalue weighted by Crippen LogP contribution is -2.47. The Labute approximate surface area is 806 Å². The normalized spacial score (nSPS) is 15.2. The summed E-state index contributed by atoms with van der Waals surface area (Å²) in [5.74, 6) is -0.222. The minimum absolute atomic E-state index is 0.158. The first-order valence-electron chi connectivity index (χ1n) is 43.9. The van der Waals surface area contributed by atoms with Crippen LogP contribution in [0.15, 0.2) is 280 Å². The van der Waals surface area contributed by atoms with E-state index in [4.69, 9.17) is 28.2 Å². The maximum absolute atomic E-state index is 13.0. The zero-order valence-electron chi connectivity index (χ0n) is 74.7. The molecule has 38 heteroatoms. The predicted octanol–water partition coefficient (Wildman–Crippen LogP) is 16.9. The maximum Gasteiger partial charge on any atom is 0.301 e. The van der Waals surface area contributed by atoms with Gasteiger partial charge in [0.1, 0.15) is 0 Å². The van der Waals surface area contributed by atoms with E-state index >= 15 is 0 Å². The SMILES string of the molecule is Cc1ccc(NC(=O)c2ccc(N3CCCNS3(=O)=O)cc2)cc1-c1ccc2ncccc2n1.Cc1ccc(NC(=O)c2ccc(N3CCCNS3(=O)=O)cc2)cc1-c1ncc2ccccc2n1.Cc1ccc(NC(=O)c2ccc(N3CCCNS3(=O)=O)cc2Cl)cc1-c1ncc2ccccc2n1.Cc1ccc(NC(=O)c2ccc(N3CCCNS3(=O)=O)cc2Cl)cc1-c1nccc2ncccc12. The number of hydrogen-bond acceptors (Lipinski definition) is 20. The van der Waals surface area contributed by atoms with Crippen LogP contribution in [0.5, 0.6) is 0 Å². The molecule has 10 aromatic carbocycles. The van der Waals surface area contributed by atoms with Gasteiger partial charge in [-0.1, -0.05) is 83.9 Å². The molecule has 0 saturated carbocycles. The van der Waals surface area contributed by atoms with Crippen LogP contribution >= 0.6 is 23.2 Å². The number of benzene rings is 10. The molecule has 6 aromatic heterocycles. The Hall–Kier alpha value is -14.7. The number of pyridine rings is 4. The third-order valence-electron chi connectivity index (χ3n) is 23.2. The average Bonchev–Trinajstić information content (AvgIpc) is 0.813. The molecule has 0 radical (unpaired) electrons. The number of nitrogens with zero attached hydrogens (tertiary/aromatic N) is 12. The number of fused-ring (bicyclic) bond motifs is 4. The molecule has 16 aromatic rings. The summed E-state index contributed by atoms with van der Waals surface area (Å²) >= 11 is 12.8. The van der Waals surface area contributed by atoms with Gasteiger partial charge in [0.05, 0.1) is 82.9 Å². The summed E-state index contributed by atoms with van der Waals surface area (Å²) in [5, 5.41) is 14.7. The number of rotatable bonds is 16. The van der Waals surface area contributed by atoms with Crippen molar-refractivity contribution >= 4 is 177 Å². The number of aryl methyl sites for hydroxylation is 4. The second kappa shape index (κ2) is 41.1. The van der Waals surface area contributed by atoms with Crippen molar-refractivity contribution in [2.24, 2.45) is 0 Å². The summed E-state index contributed by atoms with van der Waals surface area (Å²) in [6.45, 7) is 11.1. The van der Waals surface area contributed by atoms with E-state index in [1.54, 1.807) is 97.7 Å². The number of halogens is 2. The van der Waals surface area contributed by atoms with Crippen LogP contribution < -0.4 is 57.4 Å². The van der Waals surface area contributed by atoms with Crippen molar-refractivity contribution in [3.63, 3.8) is 0 Å². The molecule has 138 heavy (non-hydrogen) atoms. The zero-order chi connectivity index (χ0) is 96.6. The first-order valence-corrected chi connectivity index (χ1v) is 50.4. The molecule has 4 fully saturated rings. The number of anilines is 8. The van der Waals surface area contributed by atoms with E-state index in [2.05, 4.69) is 75.0 Å². The van der Waals surface area contributed by atoms with Crippen LogP contribution in [-0.4, -0.2) is 150 Å². The molecule has 20 rings (SSSR count). The Morgan fingerprint density at radius 3 is 1.12 bits per heavy atom. The third kappa shape index (κ3) is 21.7. The van der Waals surface area contributed by atoms with Gasteiger partial charge in [0.15, 0.2) is 11.6 Å². The number of para-hydroxylation sites is 2. The lowest BCUT2D eigenvalue weighted by atomic mass is 10.0. The molecule has 0 bridgehead atoms. The van der Waals surface area contributed by atoms with Crippen molar-refractivity contribution < 1.29 is 52.8 Å². The standard InChI is InChI=1S/2C25H22ClN5O3S.2C25H23N5O3S/c1-16-5-6-17(14-21(16)24-20-4-2-10-27-23(20)9-12-28-24)30-25(32)19-8-7-18(15-22(19)26)31-13-3-11-29-35(31,33)34;1-16-7-8-18(13-21(16)24-27-15-17-5-2-3-6-23(17)30-24)29-25(32)20-10-9-19(14-22(20)26)31-12-4-11-28-35(31,33)34;1-17-5-8-19(16-21(17)22-11-12-23-24(29-22)4-2-13-26-23)28-25(31)18-6-9-20(10-7-18)30-15-3-14-27-34(30,32)33;1-17-7-10-20(15-22(17)24-26-16-19-5-2-3-6-23(19)29-24)28-25(31)18-8-11-21(12-9-18)30-14-4-13-27-34(30,32)33/h2,4-10,12,14-15,29H,3,11,13H2,1H3,(H,30,32);2-3,5-10,13-15,28H,4,11-12H2,1H3,(H,29,32);2,4-13,16,27H,3,14-15H2,1H3,(H,28,31);2-3,5-12,15-16,27H,4,13-14H2,1H3,(H,28,31). The van der Waals surface area contributed by atoms with Crippen LogP contribution in [0.1, 0.15) is 89.4 Å². The van der Waals surface area contributed by atoms with E-state index in [0.29, 0.717) is 133 Å². The Kier molecular flexibility index (Phi) is 28.3. The first kappa shape index (κ1) is 95.0. The Morgan fingerprint density at radius 1 is 0.319 bits per heavy atom. The van der Waals surface area contributed by atoms with Gasteiger partial charge in [-0.05, 0) is 264 Å². The lowest BCUT2D eigenvalue weighted by Gasteiger charge is -2.28. The number of nitrogens with one attached hydrogen (secondary N) is 8. The molecule has 0 spiro atoms. The highest BCUT2D eigenvalue weighted by Crippen LogP contribution is 2.37. The highest BCUT2D eigenvalue weighted by molar-refractivity contribution is 7.91. The number of hydrogen-bond donors (Lipinski definition) is 8. The van der Waals surface area contributed by atoms with Gasteiger partial charge in [-0.25, -0.2) is 24.9 Å². The predicted molar refractivity (Wildman–Crippen MR) is 542 cm³/mol. The molecule has 8 N–H and O–H groups in total. The summed E-state index contributed by atoms with van der Waals surface area (Å²) in [6, 6.07) is 73.5. The quantitative estimate of drug-likeness (QED) is 0.0445. The van der Waals surface area contributed by atoms with Gasteiger partial charge in [0.2, 0.25) is 0 Å². The molecule has 0 unspecified atom stereocenters. The number of carbonyl (C=O) groups excluding carboxylic acids is 4. The van der Waals surface area contributed by atoms with Crippen molar-refractivity contribution in [3.8, 4) is 45.3 Å². The smallest absolute Gasteiger partial charge is 0.301 e. The summed E-state index contributed by atoms with van der Waals surface area (Å²) in [7, 11) is -14.3. The Bertz CT molecular complexity index is 7700. The molecule has 32 nitrogen and oxygen atoms in total. The average molecular weight is 1960 g/mol. The summed E-state index contributed by atoms with van der Waals surface area (Å²) < 4.78 is 113. The second-order valence-electron chi connectivity index (χ2n) is 32.6. The lowest BCUT2D eigenvalue weighted by molar-refractivity contribution is 0.101. The maximum atomic E-state index is 13.0. The summed E-state index contributed by atoms with van der Waals surface area (Å²) in [4.78, 5) is 88.0. The molecule has 4 saturated heterocycles. The molecule has 10 heterocycles. The summed E-state index contributed by atoms with van der Waals surface area (Å²) in [6.07, 6.45) is 11.6. The monoisotopic (exact) mass is 1960 g/mol. The topological polar surface area (TPSA) is 417 Å². The fourth-order valence-corrected chi connectivity index (χ4v) is 21.8. The van der Waals surface area contributed by atoms with Crippen molar-refractivity contribution in [2.45, 2.75) is 53.4 Å². The van der Waals surface area contributed by atoms with Gasteiger partial charge < -0.3 is 21.3 Å². The van der Waals surface area contributed by atoms with Gasteiger partial charge >= 0.3 is 40.8 Å². The van der Waals surface area contributed by atoms with E-state index in [9.17, 15) is 52.8 Å². The molecule has 4 aliphatic rings. The Balaban J connectivity index is 0.000000127. The highest BCUT2D eigenvalue weighted by atomic mass is 35.5. The molecule has 4 amide bonds. The molecule has 0 atom stereocenters. The van der Waals surface area contributed by atoms with Crippen molar-refractivity contribution in [1.82, 2.24) is 58.8 Å². The minimum atomic E-state index is -3.61. The van der Waals surface area contributed by atoms with Gasteiger partial charge in [-0.3, -0.25) is 51.4 Å². The van der Waals surface area contributed by atoms with E-state index in [1.807, 2.05) is 185 Å². The zero-order valence-corrected chi connectivity index (χ0v) is 79.5. The number of aromatic nitrogens is 8. The van der Waals surface area contributed by atoms with Crippen LogP contribution in [0.4, 0.5) is 45.5 Å². The number of amides is 4.